The lowest BCUT2D eigenvalue weighted by Gasteiger charge is -2.54. The maximum absolute atomic E-state index is 11.3. The first kappa shape index (κ1) is 16.5. The van der Waals surface area contributed by atoms with E-state index in [0.717, 1.165) is 38.5 Å². The van der Waals surface area contributed by atoms with E-state index in [9.17, 15) is 5.11 Å². The van der Waals surface area contributed by atoms with Crippen LogP contribution < -0.4 is 5.73 Å². The van der Waals surface area contributed by atoms with Crippen molar-refractivity contribution in [1.29, 1.82) is 0 Å². The van der Waals surface area contributed by atoms with Gasteiger partial charge in [0.25, 0.3) is 0 Å². The van der Waals surface area contributed by atoms with Gasteiger partial charge in [-0.25, -0.2) is 0 Å². The average Bonchev–Trinajstić information content (AvgIpc) is 2.40. The van der Waals surface area contributed by atoms with Gasteiger partial charge in [-0.3, -0.25) is 0 Å². The van der Waals surface area contributed by atoms with Gasteiger partial charge in [0.15, 0.2) is 0 Å². The van der Waals surface area contributed by atoms with Crippen LogP contribution in [0.4, 0.5) is 0 Å². The van der Waals surface area contributed by atoms with Crippen LogP contribution in [0.15, 0.2) is 18.2 Å². The fourth-order valence-electron chi connectivity index (χ4n) is 4.36. The second-order valence-corrected chi connectivity index (χ2v) is 7.41. The molecule has 1 aromatic rings. The molecule has 2 nitrogen and oxygen atoms in total. The van der Waals surface area contributed by atoms with Crippen molar-refractivity contribution in [3.05, 3.63) is 32.9 Å². The first-order chi connectivity index (χ1) is 9.11. The second kappa shape index (κ2) is 6.11. The van der Waals surface area contributed by atoms with Gasteiger partial charge in [-0.1, -0.05) is 18.9 Å². The van der Waals surface area contributed by atoms with Crippen LogP contribution >= 0.6 is 35.0 Å². The second-order valence-electron chi connectivity index (χ2n) is 6.16. The number of nitrogens with two attached hydrogens (primary N) is 1. The van der Waals surface area contributed by atoms with Gasteiger partial charge in [0, 0.05) is 8.99 Å². The number of benzene rings is 1. The fourth-order valence-corrected chi connectivity index (χ4v) is 4.85. The third-order valence-corrected chi connectivity index (χ3v) is 5.97. The van der Waals surface area contributed by atoms with E-state index in [1.165, 1.54) is 21.1 Å². The molecule has 20 heavy (non-hydrogen) atoms. The first-order valence-electron chi connectivity index (χ1n) is 7.33. The molecule has 0 aromatic heterocycles. The van der Waals surface area contributed by atoms with Crippen LogP contribution in [0.5, 0.6) is 0 Å². The normalized spacial score (nSPS) is 31.9. The highest BCUT2D eigenvalue weighted by Crippen LogP contribution is 2.54. The number of hydrogen-bond acceptors (Lipinski definition) is 2. The van der Waals surface area contributed by atoms with Crippen molar-refractivity contribution in [2.24, 2.45) is 5.73 Å². The topological polar surface area (TPSA) is 46.2 Å². The fraction of sp³-hybridized carbons (Fsp3) is 0.625. The number of fused-ring (bicyclic) bond motifs is 3. The molecule has 3 N–H and O–H groups in total. The summed E-state index contributed by atoms with van der Waals surface area (Å²) in [5, 5.41) is 11.3. The zero-order chi connectivity index (χ0) is 13.5. The molecule has 4 heteroatoms. The van der Waals surface area contributed by atoms with E-state index in [2.05, 4.69) is 40.8 Å². The molecule has 1 aromatic carbocycles. The number of rotatable bonds is 2. The van der Waals surface area contributed by atoms with Crippen molar-refractivity contribution in [3.8, 4) is 0 Å². The molecule has 1 saturated carbocycles. The highest BCUT2D eigenvalue weighted by molar-refractivity contribution is 14.1. The van der Waals surface area contributed by atoms with Crippen molar-refractivity contribution >= 4 is 35.0 Å². The van der Waals surface area contributed by atoms with E-state index in [1.54, 1.807) is 0 Å². The zero-order valence-corrected chi connectivity index (χ0v) is 14.7. The Kier molecular flexibility index (Phi) is 5.05. The van der Waals surface area contributed by atoms with Gasteiger partial charge in [-0.2, -0.15) is 0 Å². The molecule has 2 unspecified atom stereocenters. The van der Waals surface area contributed by atoms with Crippen LogP contribution in [-0.4, -0.2) is 17.3 Å². The molecule has 3 rings (SSSR count). The van der Waals surface area contributed by atoms with E-state index < -0.39 is 5.60 Å². The van der Waals surface area contributed by atoms with Gasteiger partial charge >= 0.3 is 0 Å². The summed E-state index contributed by atoms with van der Waals surface area (Å²) >= 11 is 2.38. The number of aliphatic hydroxyl groups is 1. The molecule has 2 atom stereocenters. The predicted octanol–water partition coefficient (Wildman–Crippen LogP) is 3.55. The number of hydrogen-bond donors (Lipinski definition) is 2. The van der Waals surface area contributed by atoms with Gasteiger partial charge in [-0.05, 0) is 84.5 Å². The van der Waals surface area contributed by atoms with Gasteiger partial charge in [0.2, 0.25) is 0 Å². The summed E-state index contributed by atoms with van der Waals surface area (Å²) in [4.78, 5) is 0. The lowest BCUT2D eigenvalue weighted by atomic mass is 9.53. The largest absolute Gasteiger partial charge is 0.389 e. The summed E-state index contributed by atoms with van der Waals surface area (Å²) < 4.78 is 1.27. The third kappa shape index (κ3) is 2.40. The summed E-state index contributed by atoms with van der Waals surface area (Å²) in [7, 11) is 0. The van der Waals surface area contributed by atoms with E-state index in [0.29, 0.717) is 6.54 Å². The SMILES string of the molecule is Cl.NCCC12CCCCC1(O)CCc1ccc(I)cc12. The zero-order valence-electron chi connectivity index (χ0n) is 11.7. The highest BCUT2D eigenvalue weighted by Gasteiger charge is 2.54. The summed E-state index contributed by atoms with van der Waals surface area (Å²) in [5.41, 5.74) is 8.11. The molecule has 0 heterocycles. The van der Waals surface area contributed by atoms with Crippen molar-refractivity contribution in [3.63, 3.8) is 0 Å². The Balaban J connectivity index is 0.00000147. The third-order valence-electron chi connectivity index (χ3n) is 5.30. The molecule has 0 amide bonds. The maximum Gasteiger partial charge on any atom is 0.0747 e. The van der Waals surface area contributed by atoms with Crippen LogP contribution in [-0.2, 0) is 11.8 Å². The van der Waals surface area contributed by atoms with Crippen LogP contribution in [0.25, 0.3) is 0 Å². The summed E-state index contributed by atoms with van der Waals surface area (Å²) in [6, 6.07) is 6.73. The lowest BCUT2D eigenvalue weighted by Crippen LogP contribution is -2.57. The molecular weight excluding hydrogens is 385 g/mol. The van der Waals surface area contributed by atoms with Gasteiger partial charge in [-0.15, -0.1) is 12.4 Å². The molecule has 0 aliphatic heterocycles. The molecule has 0 spiro atoms. The quantitative estimate of drug-likeness (QED) is 0.737. The Labute approximate surface area is 141 Å². The standard InChI is InChI=1S/C16H22INO.ClH/c17-13-4-3-12-5-8-16(19)7-2-1-6-15(16,9-10-18)14(12)11-13;/h3-4,11,19H,1-2,5-10,18H2;1H. The summed E-state index contributed by atoms with van der Waals surface area (Å²) in [5.74, 6) is 0. The molecule has 0 radical (unpaired) electrons. The molecule has 2 aliphatic carbocycles. The van der Waals surface area contributed by atoms with Crippen molar-refractivity contribution in [2.75, 3.05) is 6.54 Å². The molecular formula is C16H23ClINO. The smallest absolute Gasteiger partial charge is 0.0747 e. The van der Waals surface area contributed by atoms with Gasteiger partial charge < -0.3 is 10.8 Å². The van der Waals surface area contributed by atoms with Crippen LogP contribution in [0.3, 0.4) is 0 Å². The number of halogens is 2. The van der Waals surface area contributed by atoms with Gasteiger partial charge in [0.05, 0.1) is 5.60 Å². The Morgan fingerprint density at radius 1 is 1.20 bits per heavy atom. The lowest BCUT2D eigenvalue weighted by molar-refractivity contribution is -0.0862. The Morgan fingerprint density at radius 3 is 2.70 bits per heavy atom. The van der Waals surface area contributed by atoms with E-state index in [-0.39, 0.29) is 17.8 Å². The Hall–Kier alpha value is 0.160. The highest BCUT2D eigenvalue weighted by atomic mass is 127. The summed E-state index contributed by atoms with van der Waals surface area (Å²) in [6.45, 7) is 0.660. The minimum Gasteiger partial charge on any atom is -0.389 e. The monoisotopic (exact) mass is 407 g/mol. The predicted molar refractivity (Wildman–Crippen MR) is 93.5 cm³/mol. The minimum atomic E-state index is -0.526. The summed E-state index contributed by atoms with van der Waals surface area (Å²) in [6.07, 6.45) is 7.23. The molecule has 112 valence electrons. The Morgan fingerprint density at radius 2 is 1.95 bits per heavy atom. The van der Waals surface area contributed by atoms with E-state index in [4.69, 9.17) is 5.73 Å². The van der Waals surface area contributed by atoms with E-state index >= 15 is 0 Å². The van der Waals surface area contributed by atoms with Crippen LogP contribution in [0.2, 0.25) is 0 Å². The van der Waals surface area contributed by atoms with Gasteiger partial charge in [0.1, 0.15) is 0 Å². The molecule has 2 aliphatic rings. The number of aryl methyl sites for hydroxylation is 1. The first-order valence-corrected chi connectivity index (χ1v) is 8.41. The van der Waals surface area contributed by atoms with Crippen molar-refractivity contribution in [2.45, 2.75) is 56.0 Å². The molecule has 0 bridgehead atoms. The van der Waals surface area contributed by atoms with Crippen molar-refractivity contribution in [1.82, 2.24) is 0 Å². The average molecular weight is 408 g/mol. The molecule has 1 fully saturated rings. The molecule has 0 saturated heterocycles. The Bertz CT molecular complexity index is 491. The van der Waals surface area contributed by atoms with Crippen molar-refractivity contribution < 1.29 is 5.11 Å². The van der Waals surface area contributed by atoms with E-state index in [1.807, 2.05) is 0 Å². The maximum atomic E-state index is 11.3. The van der Waals surface area contributed by atoms with Crippen LogP contribution in [0, 0.1) is 3.57 Å². The minimum absolute atomic E-state index is 0. The van der Waals surface area contributed by atoms with Crippen LogP contribution in [0.1, 0.15) is 49.7 Å².